The summed E-state index contributed by atoms with van der Waals surface area (Å²) in [5.74, 6) is -2.40. The topological polar surface area (TPSA) is 119 Å². The predicted molar refractivity (Wildman–Crippen MR) is 150 cm³/mol. The van der Waals surface area contributed by atoms with Gasteiger partial charge in [-0.1, -0.05) is 48.9 Å². The molecule has 1 spiro atoms. The van der Waals surface area contributed by atoms with Crippen molar-refractivity contribution >= 4 is 28.4 Å². The molecule has 7 atom stereocenters. The second kappa shape index (κ2) is 10.4. The highest BCUT2D eigenvalue weighted by atomic mass is 16.3. The minimum absolute atomic E-state index is 0.0260. The van der Waals surface area contributed by atoms with Crippen molar-refractivity contribution in [3.8, 4) is 0 Å². The lowest BCUT2D eigenvalue weighted by molar-refractivity contribution is -0.148. The highest BCUT2D eigenvalue weighted by Crippen LogP contribution is 2.55. The molecule has 2 aromatic rings. The van der Waals surface area contributed by atoms with Crippen LogP contribution in [0.3, 0.4) is 0 Å². The summed E-state index contributed by atoms with van der Waals surface area (Å²) in [4.78, 5) is 44.5. The Morgan fingerprint density at radius 3 is 2.54 bits per heavy atom. The van der Waals surface area contributed by atoms with Crippen LogP contribution < -0.4 is 5.32 Å². The van der Waals surface area contributed by atoms with E-state index in [1.807, 2.05) is 69.5 Å². The molecule has 3 aliphatic rings. The number of hydrogen-bond donors (Lipinski definition) is 4. The lowest BCUT2D eigenvalue weighted by atomic mass is 9.54. The molecule has 1 amide bonds. The Balaban J connectivity index is 1.61. The van der Waals surface area contributed by atoms with Crippen molar-refractivity contribution in [2.24, 2.45) is 23.2 Å². The second-order valence-corrected chi connectivity index (χ2v) is 11.7. The molecule has 0 unspecified atom stereocenters. The van der Waals surface area contributed by atoms with Crippen LogP contribution in [0.15, 0.2) is 65.4 Å². The third-order valence-electron chi connectivity index (χ3n) is 9.29. The summed E-state index contributed by atoms with van der Waals surface area (Å²) in [6.45, 7) is 7.50. The molecule has 39 heavy (non-hydrogen) atoms. The SMILES string of the molecule is CC1=C(C)[C@H]2[C@H](Cc3c[nH]c4ccccc34)NC(=O)[C@]23C(=O)CCC(=O)[C@@H](O)/C(C)=C\[C@@H](C)C/C=C/[C@H]3[C@@H]1O. The van der Waals surface area contributed by atoms with E-state index in [4.69, 9.17) is 0 Å². The Bertz CT molecular complexity index is 1410. The number of carbonyl (C=O) groups excluding carboxylic acids is 3. The maximum absolute atomic E-state index is 14.2. The monoisotopic (exact) mass is 530 g/mol. The zero-order valence-corrected chi connectivity index (χ0v) is 23.0. The number of aromatic amines is 1. The van der Waals surface area contributed by atoms with Crippen molar-refractivity contribution in [3.05, 3.63) is 71.0 Å². The summed E-state index contributed by atoms with van der Waals surface area (Å²) in [7, 11) is 0. The number of ketones is 2. The molecule has 7 heteroatoms. The average Bonchev–Trinajstić information content (AvgIpc) is 3.45. The number of amides is 1. The van der Waals surface area contributed by atoms with E-state index >= 15 is 0 Å². The minimum atomic E-state index is -1.54. The van der Waals surface area contributed by atoms with Gasteiger partial charge in [-0.25, -0.2) is 0 Å². The number of hydrogen-bond acceptors (Lipinski definition) is 5. The van der Waals surface area contributed by atoms with E-state index in [0.29, 0.717) is 18.4 Å². The van der Waals surface area contributed by atoms with E-state index in [9.17, 15) is 24.6 Å². The van der Waals surface area contributed by atoms with Gasteiger partial charge in [-0.2, -0.15) is 0 Å². The zero-order valence-electron chi connectivity index (χ0n) is 23.0. The summed E-state index contributed by atoms with van der Waals surface area (Å²) in [5, 5.41) is 26.3. The van der Waals surface area contributed by atoms with Crippen LogP contribution in [-0.4, -0.2) is 50.9 Å². The molecule has 1 aliphatic heterocycles. The molecule has 2 aliphatic carbocycles. The van der Waals surface area contributed by atoms with E-state index in [1.54, 1.807) is 6.92 Å². The molecule has 1 aromatic heterocycles. The van der Waals surface area contributed by atoms with Crippen molar-refractivity contribution in [3.63, 3.8) is 0 Å². The fourth-order valence-electron chi connectivity index (χ4n) is 7.16. The van der Waals surface area contributed by atoms with Crippen LogP contribution in [-0.2, 0) is 20.8 Å². The van der Waals surface area contributed by atoms with Gasteiger partial charge >= 0.3 is 0 Å². The fraction of sp³-hybridized carbons (Fsp3) is 0.469. The van der Waals surface area contributed by atoms with E-state index in [2.05, 4.69) is 10.3 Å². The first-order valence-corrected chi connectivity index (χ1v) is 13.9. The van der Waals surface area contributed by atoms with Gasteiger partial charge in [0.1, 0.15) is 17.3 Å². The first kappa shape index (κ1) is 27.3. The summed E-state index contributed by atoms with van der Waals surface area (Å²) in [6, 6.07) is 7.62. The number of para-hydroxylation sites is 1. The number of aliphatic hydroxyl groups is 2. The Kier molecular flexibility index (Phi) is 7.25. The standard InChI is InChI=1S/C32H38N2O5/c1-17-8-7-10-23-30(38)20(4)19(3)28-25(15-21-16-33-24-11-6-5-9-22(21)24)34-31(39)32(23,28)27(36)13-12-26(35)29(37)18(2)14-17/h5-7,9-11,14,16-17,23,25,28-30,33,37-38H,8,12-13,15H2,1-4H3,(H,34,39)/b10-7+,18-14-/t17-,23-,25-,28-,29-,30+,32+/m0/s1. The molecule has 1 saturated heterocycles. The van der Waals surface area contributed by atoms with Gasteiger partial charge in [-0.05, 0) is 62.3 Å². The first-order chi connectivity index (χ1) is 18.6. The van der Waals surface area contributed by atoms with Gasteiger partial charge in [0.15, 0.2) is 5.78 Å². The van der Waals surface area contributed by atoms with Crippen LogP contribution in [0.2, 0.25) is 0 Å². The molecule has 7 nitrogen and oxygen atoms in total. The molecule has 5 rings (SSSR count). The molecule has 1 aromatic carbocycles. The van der Waals surface area contributed by atoms with E-state index in [-0.39, 0.29) is 30.6 Å². The van der Waals surface area contributed by atoms with Crippen LogP contribution in [0, 0.1) is 23.2 Å². The van der Waals surface area contributed by atoms with Gasteiger partial charge in [-0.3, -0.25) is 14.4 Å². The molecule has 0 saturated carbocycles. The average molecular weight is 531 g/mol. The van der Waals surface area contributed by atoms with E-state index < -0.39 is 41.1 Å². The van der Waals surface area contributed by atoms with Crippen LogP contribution in [0.1, 0.15) is 52.5 Å². The molecule has 2 heterocycles. The summed E-state index contributed by atoms with van der Waals surface area (Å²) < 4.78 is 0. The number of aliphatic hydroxyl groups excluding tert-OH is 2. The molecule has 1 fully saturated rings. The number of rotatable bonds is 2. The number of H-pyrrole nitrogens is 1. The largest absolute Gasteiger partial charge is 0.388 e. The van der Waals surface area contributed by atoms with E-state index in [1.165, 1.54) is 0 Å². The highest BCUT2D eigenvalue weighted by molar-refractivity contribution is 6.10. The maximum atomic E-state index is 14.2. The van der Waals surface area contributed by atoms with Crippen LogP contribution >= 0.6 is 0 Å². The number of carbonyl (C=O) groups is 3. The van der Waals surface area contributed by atoms with Crippen molar-refractivity contribution in [2.45, 2.75) is 71.6 Å². The van der Waals surface area contributed by atoms with Crippen molar-refractivity contribution in [2.75, 3.05) is 0 Å². The number of nitrogens with one attached hydrogen (secondary N) is 2. The van der Waals surface area contributed by atoms with Crippen LogP contribution in [0.5, 0.6) is 0 Å². The van der Waals surface area contributed by atoms with Gasteiger partial charge in [0.2, 0.25) is 5.91 Å². The number of allylic oxidation sites excluding steroid dienone is 2. The third kappa shape index (κ3) is 4.42. The third-order valence-corrected chi connectivity index (χ3v) is 9.29. The van der Waals surface area contributed by atoms with Crippen molar-refractivity contribution in [1.29, 1.82) is 0 Å². The summed E-state index contributed by atoms with van der Waals surface area (Å²) in [6.07, 6.45) is 6.07. The molecule has 4 N–H and O–H groups in total. The van der Waals surface area contributed by atoms with Gasteiger partial charge < -0.3 is 20.5 Å². The van der Waals surface area contributed by atoms with Gasteiger partial charge in [0.05, 0.1) is 6.10 Å². The van der Waals surface area contributed by atoms with Gasteiger partial charge in [0, 0.05) is 47.8 Å². The highest BCUT2D eigenvalue weighted by Gasteiger charge is 2.66. The number of fused-ring (bicyclic) bond motifs is 1. The lowest BCUT2D eigenvalue weighted by Gasteiger charge is -2.46. The smallest absolute Gasteiger partial charge is 0.235 e. The predicted octanol–water partition coefficient (Wildman–Crippen LogP) is 3.96. The van der Waals surface area contributed by atoms with E-state index in [0.717, 1.165) is 27.6 Å². The number of aromatic nitrogens is 1. The number of Topliss-reactive ketones (excluding diaryl/α,β-unsaturated/α-hetero) is 2. The van der Waals surface area contributed by atoms with Crippen LogP contribution in [0.25, 0.3) is 10.9 Å². The van der Waals surface area contributed by atoms with Crippen LogP contribution in [0.4, 0.5) is 0 Å². The lowest BCUT2D eigenvalue weighted by Crippen LogP contribution is -2.55. The zero-order chi connectivity index (χ0) is 28.1. The molecule has 206 valence electrons. The number of benzene rings is 1. The van der Waals surface area contributed by atoms with Gasteiger partial charge in [0.25, 0.3) is 0 Å². The second-order valence-electron chi connectivity index (χ2n) is 11.7. The van der Waals surface area contributed by atoms with Crippen molar-refractivity contribution in [1.82, 2.24) is 10.3 Å². The normalized spacial score (nSPS) is 36.3. The minimum Gasteiger partial charge on any atom is -0.388 e. The molecule has 0 radical (unpaired) electrons. The first-order valence-electron chi connectivity index (χ1n) is 13.9. The summed E-state index contributed by atoms with van der Waals surface area (Å²) in [5.41, 5.74) is 2.68. The molecule has 0 bridgehead atoms. The summed E-state index contributed by atoms with van der Waals surface area (Å²) >= 11 is 0. The Morgan fingerprint density at radius 2 is 1.77 bits per heavy atom. The van der Waals surface area contributed by atoms with Crippen molar-refractivity contribution < 1.29 is 24.6 Å². The fourth-order valence-corrected chi connectivity index (χ4v) is 7.16. The molecular weight excluding hydrogens is 492 g/mol. The molecular formula is C32H38N2O5. The van der Waals surface area contributed by atoms with Gasteiger partial charge in [-0.15, -0.1) is 0 Å². The Morgan fingerprint density at radius 1 is 1.03 bits per heavy atom. The maximum Gasteiger partial charge on any atom is 0.235 e. The Labute approximate surface area is 229 Å². The Hall–Kier alpha value is -3.29. The quantitative estimate of drug-likeness (QED) is 0.346.